The maximum atomic E-state index is 11.2. The van der Waals surface area contributed by atoms with Gasteiger partial charge < -0.3 is 15.2 Å². The van der Waals surface area contributed by atoms with Gasteiger partial charge in [0, 0.05) is 6.04 Å². The molecule has 2 atom stereocenters. The van der Waals surface area contributed by atoms with Gasteiger partial charge in [-0.1, -0.05) is 0 Å². The Kier molecular flexibility index (Phi) is 3.89. The summed E-state index contributed by atoms with van der Waals surface area (Å²) in [5.41, 5.74) is -0.983. The predicted octanol–water partition coefficient (Wildman–Crippen LogP) is 0.443. The largest absolute Gasteiger partial charge is 0.466 e. The molecule has 0 aromatic carbocycles. The molecule has 4 nitrogen and oxygen atoms in total. The molecule has 0 bridgehead atoms. The highest BCUT2D eigenvalue weighted by atomic mass is 16.5. The van der Waals surface area contributed by atoms with Crippen molar-refractivity contribution < 1.29 is 14.6 Å². The summed E-state index contributed by atoms with van der Waals surface area (Å²) in [6, 6.07) is 0.0203. The fraction of sp³-hybridized carbons (Fsp3) is 0.900. The zero-order chi connectivity index (χ0) is 10.6. The summed E-state index contributed by atoms with van der Waals surface area (Å²) in [5, 5.41) is 13.2. The van der Waals surface area contributed by atoms with Crippen LogP contribution in [0.4, 0.5) is 0 Å². The van der Waals surface area contributed by atoms with Crippen molar-refractivity contribution in [2.45, 2.75) is 44.8 Å². The summed E-state index contributed by atoms with van der Waals surface area (Å²) in [6.45, 7) is 4.74. The van der Waals surface area contributed by atoms with E-state index in [0.29, 0.717) is 6.61 Å². The molecule has 1 heterocycles. The highest BCUT2D eigenvalue weighted by Crippen LogP contribution is 2.22. The van der Waals surface area contributed by atoms with Crippen molar-refractivity contribution in [3.8, 4) is 0 Å². The van der Waals surface area contributed by atoms with Crippen molar-refractivity contribution in [3.63, 3.8) is 0 Å². The Morgan fingerprint density at radius 1 is 1.71 bits per heavy atom. The lowest BCUT2D eigenvalue weighted by atomic mass is 9.92. The second-order valence-corrected chi connectivity index (χ2v) is 3.99. The predicted molar refractivity (Wildman–Crippen MR) is 52.9 cm³/mol. The number of hydrogen-bond acceptors (Lipinski definition) is 4. The molecule has 0 aromatic heterocycles. The number of hydrogen-bond donors (Lipinski definition) is 2. The summed E-state index contributed by atoms with van der Waals surface area (Å²) in [6.07, 6.45) is 2.05. The first kappa shape index (κ1) is 11.5. The van der Waals surface area contributed by atoms with Crippen LogP contribution in [0.5, 0.6) is 0 Å². The Morgan fingerprint density at radius 3 is 2.93 bits per heavy atom. The van der Waals surface area contributed by atoms with Crippen molar-refractivity contribution >= 4 is 5.97 Å². The molecule has 0 unspecified atom stereocenters. The molecule has 0 aliphatic carbocycles. The summed E-state index contributed by atoms with van der Waals surface area (Å²) < 4.78 is 4.81. The molecule has 2 N–H and O–H groups in total. The van der Waals surface area contributed by atoms with Gasteiger partial charge in [0.1, 0.15) is 0 Å². The minimum absolute atomic E-state index is 0.0203. The average molecular weight is 201 g/mol. The number of esters is 1. The minimum Gasteiger partial charge on any atom is -0.466 e. The van der Waals surface area contributed by atoms with Gasteiger partial charge >= 0.3 is 5.97 Å². The molecular formula is C10H19NO3. The molecule has 82 valence electrons. The monoisotopic (exact) mass is 201 g/mol. The van der Waals surface area contributed by atoms with E-state index in [1.54, 1.807) is 13.8 Å². The van der Waals surface area contributed by atoms with Crippen LogP contribution >= 0.6 is 0 Å². The lowest BCUT2D eigenvalue weighted by Gasteiger charge is -2.29. The SMILES string of the molecule is CCOC(=O)C[C@](C)(O)[C@H]1CCCN1. The van der Waals surface area contributed by atoms with Crippen molar-refractivity contribution in [3.05, 3.63) is 0 Å². The van der Waals surface area contributed by atoms with E-state index in [1.165, 1.54) is 0 Å². The van der Waals surface area contributed by atoms with Gasteiger partial charge in [0.25, 0.3) is 0 Å². The van der Waals surface area contributed by atoms with Crippen molar-refractivity contribution in [2.75, 3.05) is 13.2 Å². The number of carbonyl (C=O) groups is 1. The van der Waals surface area contributed by atoms with Crippen LogP contribution in [0.1, 0.15) is 33.1 Å². The summed E-state index contributed by atoms with van der Waals surface area (Å²) in [5.74, 6) is -0.328. The molecule has 0 radical (unpaired) electrons. The second-order valence-electron chi connectivity index (χ2n) is 3.99. The molecule has 1 aliphatic rings. The van der Waals surface area contributed by atoms with Gasteiger partial charge in [0.05, 0.1) is 18.6 Å². The molecular weight excluding hydrogens is 182 g/mol. The van der Waals surface area contributed by atoms with Crippen molar-refractivity contribution in [2.24, 2.45) is 0 Å². The first-order chi connectivity index (χ1) is 6.56. The van der Waals surface area contributed by atoms with Gasteiger partial charge in [0.15, 0.2) is 0 Å². The fourth-order valence-corrected chi connectivity index (χ4v) is 1.84. The van der Waals surface area contributed by atoms with Crippen LogP contribution in [0.3, 0.4) is 0 Å². The molecule has 1 rings (SSSR count). The Bertz CT molecular complexity index is 198. The zero-order valence-corrected chi connectivity index (χ0v) is 8.88. The first-order valence-corrected chi connectivity index (χ1v) is 5.17. The maximum Gasteiger partial charge on any atom is 0.308 e. The summed E-state index contributed by atoms with van der Waals surface area (Å²) in [7, 11) is 0. The van der Waals surface area contributed by atoms with E-state index < -0.39 is 5.60 Å². The van der Waals surface area contributed by atoms with Crippen LogP contribution in [0, 0.1) is 0 Å². The van der Waals surface area contributed by atoms with Crippen molar-refractivity contribution in [1.29, 1.82) is 0 Å². The van der Waals surface area contributed by atoms with Gasteiger partial charge in [-0.2, -0.15) is 0 Å². The smallest absolute Gasteiger partial charge is 0.308 e. The normalized spacial score (nSPS) is 25.8. The second kappa shape index (κ2) is 4.75. The maximum absolute atomic E-state index is 11.2. The number of rotatable bonds is 4. The molecule has 0 saturated carbocycles. The van der Waals surface area contributed by atoms with E-state index in [2.05, 4.69) is 5.32 Å². The zero-order valence-electron chi connectivity index (χ0n) is 8.88. The minimum atomic E-state index is -0.983. The number of aliphatic hydroxyl groups is 1. The van der Waals surface area contributed by atoms with Gasteiger partial charge in [-0.3, -0.25) is 4.79 Å². The highest BCUT2D eigenvalue weighted by Gasteiger charge is 2.36. The van der Waals surface area contributed by atoms with Gasteiger partial charge in [0.2, 0.25) is 0 Å². The standard InChI is InChI=1S/C10H19NO3/c1-3-14-9(12)7-10(2,13)8-5-4-6-11-8/h8,11,13H,3-7H2,1-2H3/t8-,10+/m1/s1. The van der Waals surface area contributed by atoms with E-state index in [1.807, 2.05) is 0 Å². The highest BCUT2D eigenvalue weighted by molar-refractivity contribution is 5.70. The summed E-state index contributed by atoms with van der Waals surface area (Å²) >= 11 is 0. The van der Waals surface area contributed by atoms with Gasteiger partial charge in [-0.15, -0.1) is 0 Å². The van der Waals surface area contributed by atoms with Crippen LogP contribution < -0.4 is 5.32 Å². The van der Waals surface area contributed by atoms with Crippen molar-refractivity contribution in [1.82, 2.24) is 5.32 Å². The quantitative estimate of drug-likeness (QED) is 0.648. The van der Waals surface area contributed by atoms with Gasteiger partial charge in [-0.05, 0) is 33.2 Å². The van der Waals surface area contributed by atoms with E-state index in [0.717, 1.165) is 19.4 Å². The molecule has 1 aliphatic heterocycles. The topological polar surface area (TPSA) is 58.6 Å². The van der Waals surface area contributed by atoms with E-state index in [9.17, 15) is 9.90 Å². The fourth-order valence-electron chi connectivity index (χ4n) is 1.84. The third-order valence-electron chi connectivity index (χ3n) is 2.62. The number of nitrogens with one attached hydrogen (secondary N) is 1. The van der Waals surface area contributed by atoms with Gasteiger partial charge in [-0.25, -0.2) is 0 Å². The van der Waals surface area contributed by atoms with E-state index in [-0.39, 0.29) is 18.4 Å². The Morgan fingerprint density at radius 2 is 2.43 bits per heavy atom. The Labute approximate surface area is 84.6 Å². The Hall–Kier alpha value is -0.610. The molecule has 0 spiro atoms. The van der Waals surface area contributed by atoms with Crippen LogP contribution in [0.2, 0.25) is 0 Å². The van der Waals surface area contributed by atoms with Crippen LogP contribution in [-0.2, 0) is 9.53 Å². The molecule has 1 saturated heterocycles. The molecule has 14 heavy (non-hydrogen) atoms. The van der Waals surface area contributed by atoms with Crippen LogP contribution in [0.15, 0.2) is 0 Å². The van der Waals surface area contributed by atoms with E-state index in [4.69, 9.17) is 4.74 Å². The average Bonchev–Trinajstić information content (AvgIpc) is 2.54. The third-order valence-corrected chi connectivity index (χ3v) is 2.62. The lowest BCUT2D eigenvalue weighted by molar-refractivity contribution is -0.149. The molecule has 0 aromatic rings. The first-order valence-electron chi connectivity index (χ1n) is 5.17. The molecule has 0 amide bonds. The third kappa shape index (κ3) is 2.96. The number of carbonyl (C=O) groups excluding carboxylic acids is 1. The molecule has 4 heteroatoms. The van der Waals surface area contributed by atoms with Crippen LogP contribution in [-0.4, -0.2) is 35.9 Å². The lowest BCUT2D eigenvalue weighted by Crippen LogP contribution is -2.46. The summed E-state index contributed by atoms with van der Waals surface area (Å²) in [4.78, 5) is 11.2. The van der Waals surface area contributed by atoms with E-state index >= 15 is 0 Å². The van der Waals surface area contributed by atoms with Crippen LogP contribution in [0.25, 0.3) is 0 Å². The Balaban J connectivity index is 2.43. The number of ether oxygens (including phenoxy) is 1. The molecule has 1 fully saturated rings.